The van der Waals surface area contributed by atoms with Gasteiger partial charge in [-0.1, -0.05) is 78.9 Å². The molecule has 1 aliphatic heterocycles. The van der Waals surface area contributed by atoms with Crippen LogP contribution in [0.15, 0.2) is 121 Å². The lowest BCUT2D eigenvalue weighted by Gasteiger charge is -2.29. The Balaban J connectivity index is 1.29. The third-order valence-electron chi connectivity index (χ3n) is 8.22. The molecular weight excluding hydrogens is 571 g/mol. The van der Waals surface area contributed by atoms with Crippen molar-refractivity contribution < 1.29 is 19.7 Å². The summed E-state index contributed by atoms with van der Waals surface area (Å²) >= 11 is 5.87. The molecule has 222 valence electrons. The second kappa shape index (κ2) is 12.9. The lowest BCUT2D eigenvalue weighted by molar-refractivity contribution is 0.162. The van der Waals surface area contributed by atoms with Crippen LogP contribution in [0.25, 0.3) is 22.3 Å². The highest BCUT2D eigenvalue weighted by Crippen LogP contribution is 2.42. The van der Waals surface area contributed by atoms with Crippen LogP contribution in [0.3, 0.4) is 0 Å². The Labute approximate surface area is 261 Å². The molecule has 0 aliphatic carbocycles. The molecule has 0 spiro atoms. The van der Waals surface area contributed by atoms with Crippen LogP contribution in [0.5, 0.6) is 11.5 Å². The molecule has 0 bridgehead atoms. The molecule has 7 heteroatoms. The summed E-state index contributed by atoms with van der Waals surface area (Å²) < 4.78 is 13.4. The van der Waals surface area contributed by atoms with Gasteiger partial charge in [0.15, 0.2) is 5.11 Å². The molecule has 1 heterocycles. The third kappa shape index (κ3) is 6.30. The molecule has 0 aromatic heterocycles. The molecule has 0 saturated carbocycles. The van der Waals surface area contributed by atoms with Gasteiger partial charge in [-0.3, -0.25) is 0 Å². The number of thiocarbonyl (C=S) groups is 1. The van der Waals surface area contributed by atoms with Crippen LogP contribution in [0.4, 0.5) is 10.1 Å². The molecule has 1 fully saturated rings. The number of phenolic OH excluding ortho intramolecular Hbond substituents is 2. The van der Waals surface area contributed by atoms with E-state index in [4.69, 9.17) is 12.2 Å². The molecule has 1 aliphatic rings. The van der Waals surface area contributed by atoms with E-state index >= 15 is 0 Å². The van der Waals surface area contributed by atoms with Crippen LogP contribution in [-0.4, -0.2) is 26.5 Å². The Kier molecular flexibility index (Phi) is 8.59. The first-order chi connectivity index (χ1) is 21.4. The fraction of sp³-hybridized carbons (Fsp3) is 0.162. The van der Waals surface area contributed by atoms with Gasteiger partial charge in [-0.15, -0.1) is 0 Å². The first-order valence-electron chi connectivity index (χ1n) is 14.7. The van der Waals surface area contributed by atoms with Crippen LogP contribution in [0, 0.1) is 5.82 Å². The number of aliphatic hydroxyl groups excluding tert-OH is 1. The lowest BCUT2D eigenvalue weighted by atomic mass is 9.91. The summed E-state index contributed by atoms with van der Waals surface area (Å²) in [5.41, 5.74) is 6.09. The van der Waals surface area contributed by atoms with E-state index < -0.39 is 6.10 Å². The topological polar surface area (TPSA) is 76.0 Å². The van der Waals surface area contributed by atoms with Gasteiger partial charge >= 0.3 is 0 Å². The van der Waals surface area contributed by atoms with Crippen molar-refractivity contribution in [2.24, 2.45) is 0 Å². The van der Waals surface area contributed by atoms with Gasteiger partial charge in [0.1, 0.15) is 17.3 Å². The predicted molar refractivity (Wildman–Crippen MR) is 177 cm³/mol. The van der Waals surface area contributed by atoms with Gasteiger partial charge in [-0.2, -0.15) is 0 Å². The summed E-state index contributed by atoms with van der Waals surface area (Å²) in [6.45, 7) is 0. The van der Waals surface area contributed by atoms with Gasteiger partial charge in [0, 0.05) is 11.3 Å². The Morgan fingerprint density at radius 1 is 0.750 bits per heavy atom. The summed E-state index contributed by atoms with van der Waals surface area (Å²) in [7, 11) is 0. The average Bonchev–Trinajstić information content (AvgIpc) is 3.36. The van der Waals surface area contributed by atoms with Gasteiger partial charge in [-0.25, -0.2) is 4.39 Å². The van der Waals surface area contributed by atoms with E-state index in [1.54, 1.807) is 36.4 Å². The second-order valence-corrected chi connectivity index (χ2v) is 11.5. The van der Waals surface area contributed by atoms with E-state index in [-0.39, 0.29) is 29.4 Å². The summed E-state index contributed by atoms with van der Waals surface area (Å²) in [6.07, 6.45) is 1.14. The van der Waals surface area contributed by atoms with E-state index in [2.05, 4.69) is 29.6 Å². The van der Waals surface area contributed by atoms with E-state index in [9.17, 15) is 19.7 Å². The fourth-order valence-corrected chi connectivity index (χ4v) is 6.33. The third-order valence-corrected chi connectivity index (χ3v) is 8.53. The highest BCUT2D eigenvalue weighted by molar-refractivity contribution is 7.80. The minimum absolute atomic E-state index is 0.129. The van der Waals surface area contributed by atoms with Crippen molar-refractivity contribution in [2.75, 3.05) is 4.90 Å². The smallest absolute Gasteiger partial charge is 0.174 e. The molecule has 0 unspecified atom stereocenters. The molecule has 5 aromatic rings. The highest BCUT2D eigenvalue weighted by Gasteiger charge is 2.40. The Morgan fingerprint density at radius 3 is 2.11 bits per heavy atom. The van der Waals surface area contributed by atoms with Crippen LogP contribution >= 0.6 is 12.2 Å². The molecule has 0 radical (unpaired) electrons. The number of halogens is 1. The molecule has 6 rings (SSSR count). The Hall–Kier alpha value is -4.72. The zero-order valence-corrected chi connectivity index (χ0v) is 24.8. The molecular formula is C37H33FN2O3S. The first kappa shape index (κ1) is 29.4. The van der Waals surface area contributed by atoms with Crippen LogP contribution in [0.2, 0.25) is 0 Å². The number of hydrogen-bond donors (Lipinski definition) is 4. The number of benzene rings is 5. The molecule has 44 heavy (non-hydrogen) atoms. The minimum Gasteiger partial charge on any atom is -0.508 e. The highest BCUT2D eigenvalue weighted by atomic mass is 32.1. The van der Waals surface area contributed by atoms with Crippen molar-refractivity contribution in [1.29, 1.82) is 0 Å². The predicted octanol–water partition coefficient (Wildman–Crippen LogP) is 8.28. The number of rotatable bonds is 9. The van der Waals surface area contributed by atoms with Gasteiger partial charge in [0.25, 0.3) is 0 Å². The SMILES string of the molecule is Oc1cccc(-c2ccc([C@@H]3[C@@H](CCC[C@@H](O)c4ccc(F)cc4)NC(=S)N3c3ccc(-c4ccccc4)cc3)c(O)c2)c1. The Bertz CT molecular complexity index is 1750. The Morgan fingerprint density at radius 2 is 1.41 bits per heavy atom. The maximum atomic E-state index is 13.4. The zero-order valence-electron chi connectivity index (χ0n) is 24.0. The van der Waals surface area contributed by atoms with Gasteiger partial charge in [-0.05, 0) is 102 Å². The van der Waals surface area contributed by atoms with E-state index in [0.29, 0.717) is 29.9 Å². The number of phenols is 2. The largest absolute Gasteiger partial charge is 0.508 e. The van der Waals surface area contributed by atoms with Crippen LogP contribution < -0.4 is 10.2 Å². The first-order valence-corrected chi connectivity index (χ1v) is 15.1. The normalized spacial score (nSPS) is 17.0. The standard InChI is InChI=1S/C37H33FN2O3S/c38-29-17-12-26(13-18-29)34(42)11-5-10-33-36(32-21-16-28(23-35(32)43)27-8-4-9-31(41)22-27)40(37(44)39-33)30-19-14-25(15-20-30)24-6-2-1-3-7-24/h1-4,6-9,12-23,33-34,36,41-43H,5,10-11H2,(H,39,44)/t33-,34-,36-/m1/s1. The number of hydrogen-bond acceptors (Lipinski definition) is 4. The fourth-order valence-electron chi connectivity index (χ4n) is 5.96. The van der Waals surface area contributed by atoms with Gasteiger partial charge in [0.05, 0.1) is 18.2 Å². The summed E-state index contributed by atoms with van der Waals surface area (Å²) in [5.74, 6) is -0.0479. The summed E-state index contributed by atoms with van der Waals surface area (Å²) in [5, 5.41) is 36.1. The number of nitrogens with zero attached hydrogens (tertiary/aromatic N) is 1. The van der Waals surface area contributed by atoms with Crippen LogP contribution in [-0.2, 0) is 0 Å². The molecule has 4 N–H and O–H groups in total. The number of anilines is 1. The zero-order chi connectivity index (χ0) is 30.6. The maximum absolute atomic E-state index is 13.4. The number of aliphatic hydroxyl groups is 1. The second-order valence-electron chi connectivity index (χ2n) is 11.1. The number of aromatic hydroxyl groups is 2. The molecule has 0 amide bonds. The van der Waals surface area contributed by atoms with E-state index in [1.165, 1.54) is 12.1 Å². The molecule has 1 saturated heterocycles. The van der Waals surface area contributed by atoms with Gasteiger partial charge in [0.2, 0.25) is 0 Å². The van der Waals surface area contributed by atoms with Crippen molar-refractivity contribution in [2.45, 2.75) is 37.5 Å². The average molecular weight is 605 g/mol. The monoisotopic (exact) mass is 604 g/mol. The summed E-state index contributed by atoms with van der Waals surface area (Å²) in [6, 6.07) is 36.4. The quantitative estimate of drug-likeness (QED) is 0.127. The van der Waals surface area contributed by atoms with Crippen molar-refractivity contribution >= 4 is 23.0 Å². The lowest BCUT2D eigenvalue weighted by Crippen LogP contribution is -2.29. The molecule has 3 atom stereocenters. The molecule has 5 nitrogen and oxygen atoms in total. The van der Waals surface area contributed by atoms with E-state index in [1.807, 2.05) is 53.4 Å². The van der Waals surface area contributed by atoms with Crippen molar-refractivity contribution in [3.8, 4) is 33.8 Å². The molecule has 5 aromatic carbocycles. The van der Waals surface area contributed by atoms with Crippen molar-refractivity contribution in [3.63, 3.8) is 0 Å². The van der Waals surface area contributed by atoms with Crippen molar-refractivity contribution in [3.05, 3.63) is 138 Å². The van der Waals surface area contributed by atoms with Gasteiger partial charge < -0.3 is 25.5 Å². The maximum Gasteiger partial charge on any atom is 0.174 e. The van der Waals surface area contributed by atoms with Crippen molar-refractivity contribution in [1.82, 2.24) is 5.32 Å². The van der Waals surface area contributed by atoms with E-state index in [0.717, 1.165) is 33.5 Å². The van der Waals surface area contributed by atoms with Crippen LogP contribution in [0.1, 0.15) is 42.5 Å². The number of nitrogens with one attached hydrogen (secondary N) is 1. The summed E-state index contributed by atoms with van der Waals surface area (Å²) in [4.78, 5) is 2.05. The minimum atomic E-state index is -0.709.